The zero-order valence-corrected chi connectivity index (χ0v) is 8.92. The number of nitrogens with two attached hydrogens (primary N) is 1. The van der Waals surface area contributed by atoms with Crippen molar-refractivity contribution in [2.24, 2.45) is 5.73 Å². The molecule has 1 fully saturated rings. The SMILES string of the molecule is Cc1noc(C2CCC(N)CC2)c1C. The molecule has 1 aromatic rings. The molecule has 0 atom stereocenters. The molecule has 78 valence electrons. The average molecular weight is 194 g/mol. The Labute approximate surface area is 84.7 Å². The third-order valence-electron chi connectivity index (χ3n) is 3.34. The predicted octanol–water partition coefficient (Wildman–Crippen LogP) is 2.28. The van der Waals surface area contributed by atoms with E-state index in [2.05, 4.69) is 12.1 Å². The van der Waals surface area contributed by atoms with Gasteiger partial charge in [-0.2, -0.15) is 0 Å². The van der Waals surface area contributed by atoms with Gasteiger partial charge in [-0.15, -0.1) is 0 Å². The van der Waals surface area contributed by atoms with Crippen LogP contribution in [0.1, 0.15) is 48.6 Å². The Hall–Kier alpha value is -0.830. The van der Waals surface area contributed by atoms with Crippen LogP contribution in [0.4, 0.5) is 0 Å². The van der Waals surface area contributed by atoms with Gasteiger partial charge >= 0.3 is 0 Å². The first kappa shape index (κ1) is 9.71. The number of aryl methyl sites for hydroxylation is 1. The van der Waals surface area contributed by atoms with E-state index in [4.69, 9.17) is 10.3 Å². The third-order valence-corrected chi connectivity index (χ3v) is 3.34. The lowest BCUT2D eigenvalue weighted by Crippen LogP contribution is -2.25. The first-order valence-electron chi connectivity index (χ1n) is 5.37. The molecular weight excluding hydrogens is 176 g/mol. The monoisotopic (exact) mass is 194 g/mol. The van der Waals surface area contributed by atoms with Gasteiger partial charge in [0, 0.05) is 17.5 Å². The lowest BCUT2D eigenvalue weighted by atomic mass is 9.84. The van der Waals surface area contributed by atoms with Crippen LogP contribution in [0.5, 0.6) is 0 Å². The summed E-state index contributed by atoms with van der Waals surface area (Å²) < 4.78 is 5.38. The highest BCUT2D eigenvalue weighted by Gasteiger charge is 2.25. The van der Waals surface area contributed by atoms with Gasteiger partial charge in [0.1, 0.15) is 5.76 Å². The second-order valence-corrected chi connectivity index (χ2v) is 4.37. The van der Waals surface area contributed by atoms with Gasteiger partial charge in [-0.1, -0.05) is 5.16 Å². The number of nitrogens with zero attached hydrogens (tertiary/aromatic N) is 1. The second-order valence-electron chi connectivity index (χ2n) is 4.37. The Bertz CT molecular complexity index is 311. The van der Waals surface area contributed by atoms with Crippen LogP contribution in [0.3, 0.4) is 0 Å². The van der Waals surface area contributed by atoms with Crippen LogP contribution in [0, 0.1) is 13.8 Å². The summed E-state index contributed by atoms with van der Waals surface area (Å²) in [5.41, 5.74) is 8.12. The lowest BCUT2D eigenvalue weighted by molar-refractivity contribution is 0.306. The van der Waals surface area contributed by atoms with E-state index in [0.717, 1.165) is 37.1 Å². The Morgan fingerprint density at radius 1 is 1.21 bits per heavy atom. The highest BCUT2D eigenvalue weighted by Crippen LogP contribution is 2.34. The highest BCUT2D eigenvalue weighted by molar-refractivity contribution is 5.23. The molecule has 0 spiro atoms. The van der Waals surface area contributed by atoms with Crippen LogP contribution in [0.2, 0.25) is 0 Å². The van der Waals surface area contributed by atoms with Crippen LogP contribution in [-0.4, -0.2) is 11.2 Å². The fourth-order valence-electron chi connectivity index (χ4n) is 2.19. The molecule has 0 saturated heterocycles. The largest absolute Gasteiger partial charge is 0.361 e. The summed E-state index contributed by atoms with van der Waals surface area (Å²) in [6.45, 7) is 4.09. The number of hydrogen-bond acceptors (Lipinski definition) is 3. The summed E-state index contributed by atoms with van der Waals surface area (Å²) in [6, 6.07) is 0.399. The summed E-state index contributed by atoms with van der Waals surface area (Å²) in [5.74, 6) is 1.64. The first-order chi connectivity index (χ1) is 6.68. The molecular formula is C11H18N2O. The molecule has 2 rings (SSSR count). The summed E-state index contributed by atoms with van der Waals surface area (Å²) in [7, 11) is 0. The summed E-state index contributed by atoms with van der Waals surface area (Å²) in [5, 5.41) is 4.00. The van der Waals surface area contributed by atoms with Crippen LogP contribution >= 0.6 is 0 Å². The van der Waals surface area contributed by atoms with E-state index in [1.165, 1.54) is 5.56 Å². The maximum absolute atomic E-state index is 5.87. The maximum atomic E-state index is 5.87. The van der Waals surface area contributed by atoms with Crippen molar-refractivity contribution in [3.63, 3.8) is 0 Å². The third kappa shape index (κ3) is 1.69. The summed E-state index contributed by atoms with van der Waals surface area (Å²) >= 11 is 0. The summed E-state index contributed by atoms with van der Waals surface area (Å²) in [4.78, 5) is 0. The van der Waals surface area contributed by atoms with Crippen LogP contribution in [0.25, 0.3) is 0 Å². The topological polar surface area (TPSA) is 52.0 Å². The number of aromatic nitrogens is 1. The van der Waals surface area contributed by atoms with Gasteiger partial charge in [-0.25, -0.2) is 0 Å². The van der Waals surface area contributed by atoms with E-state index < -0.39 is 0 Å². The van der Waals surface area contributed by atoms with Gasteiger partial charge in [0.2, 0.25) is 0 Å². The van der Waals surface area contributed by atoms with E-state index in [1.54, 1.807) is 0 Å². The van der Waals surface area contributed by atoms with Gasteiger partial charge in [0.05, 0.1) is 5.69 Å². The minimum atomic E-state index is 0.399. The Balaban J connectivity index is 2.12. The number of hydrogen-bond donors (Lipinski definition) is 1. The minimum Gasteiger partial charge on any atom is -0.361 e. The van der Waals surface area contributed by atoms with Crippen molar-refractivity contribution < 1.29 is 4.52 Å². The van der Waals surface area contributed by atoms with Crippen LogP contribution < -0.4 is 5.73 Å². The fourth-order valence-corrected chi connectivity index (χ4v) is 2.19. The maximum Gasteiger partial charge on any atom is 0.142 e. The van der Waals surface area contributed by atoms with Crippen molar-refractivity contribution in [1.82, 2.24) is 5.16 Å². The standard InChI is InChI=1S/C11H18N2O/c1-7-8(2)13-14-11(7)9-3-5-10(12)6-4-9/h9-10H,3-6,12H2,1-2H3. The molecule has 1 saturated carbocycles. The van der Waals surface area contributed by atoms with Crippen molar-refractivity contribution >= 4 is 0 Å². The predicted molar refractivity (Wildman–Crippen MR) is 55.2 cm³/mol. The molecule has 1 aliphatic carbocycles. The summed E-state index contributed by atoms with van der Waals surface area (Å²) in [6.07, 6.45) is 4.53. The van der Waals surface area contributed by atoms with Gasteiger partial charge < -0.3 is 10.3 Å². The first-order valence-corrected chi connectivity index (χ1v) is 5.37. The molecule has 1 heterocycles. The Morgan fingerprint density at radius 3 is 2.36 bits per heavy atom. The Kier molecular flexibility index (Phi) is 2.59. The van der Waals surface area contributed by atoms with E-state index in [-0.39, 0.29) is 0 Å². The molecule has 0 bridgehead atoms. The van der Waals surface area contributed by atoms with Crippen LogP contribution in [0.15, 0.2) is 4.52 Å². The molecule has 14 heavy (non-hydrogen) atoms. The zero-order valence-electron chi connectivity index (χ0n) is 8.92. The van der Waals surface area contributed by atoms with Gasteiger partial charge in [0.15, 0.2) is 0 Å². The molecule has 1 aromatic heterocycles. The highest BCUT2D eigenvalue weighted by atomic mass is 16.5. The van der Waals surface area contributed by atoms with E-state index in [1.807, 2.05) is 6.92 Å². The molecule has 3 heteroatoms. The molecule has 3 nitrogen and oxygen atoms in total. The van der Waals surface area contributed by atoms with Crippen molar-refractivity contribution in [3.05, 3.63) is 17.0 Å². The molecule has 0 unspecified atom stereocenters. The molecule has 0 amide bonds. The molecule has 1 aliphatic rings. The molecule has 2 N–H and O–H groups in total. The van der Waals surface area contributed by atoms with E-state index in [9.17, 15) is 0 Å². The molecule has 0 aliphatic heterocycles. The van der Waals surface area contributed by atoms with Crippen molar-refractivity contribution in [3.8, 4) is 0 Å². The minimum absolute atomic E-state index is 0.399. The molecule has 0 radical (unpaired) electrons. The Morgan fingerprint density at radius 2 is 1.86 bits per heavy atom. The fraction of sp³-hybridized carbons (Fsp3) is 0.727. The normalized spacial score (nSPS) is 27.9. The smallest absolute Gasteiger partial charge is 0.142 e. The van der Waals surface area contributed by atoms with Crippen molar-refractivity contribution in [2.75, 3.05) is 0 Å². The lowest BCUT2D eigenvalue weighted by Gasteiger charge is -2.24. The number of rotatable bonds is 1. The van der Waals surface area contributed by atoms with Gasteiger partial charge in [-0.3, -0.25) is 0 Å². The average Bonchev–Trinajstić information content (AvgIpc) is 2.50. The quantitative estimate of drug-likeness (QED) is 0.746. The van der Waals surface area contributed by atoms with E-state index in [0.29, 0.717) is 12.0 Å². The van der Waals surface area contributed by atoms with E-state index >= 15 is 0 Å². The molecule has 0 aromatic carbocycles. The second kappa shape index (κ2) is 3.73. The van der Waals surface area contributed by atoms with Crippen LogP contribution in [-0.2, 0) is 0 Å². The van der Waals surface area contributed by atoms with Crippen molar-refractivity contribution in [2.45, 2.75) is 51.5 Å². The van der Waals surface area contributed by atoms with Crippen molar-refractivity contribution in [1.29, 1.82) is 0 Å². The van der Waals surface area contributed by atoms with Gasteiger partial charge in [0.25, 0.3) is 0 Å². The van der Waals surface area contributed by atoms with Gasteiger partial charge in [-0.05, 0) is 39.5 Å². The zero-order chi connectivity index (χ0) is 10.1.